The molecule has 0 aromatic rings. The first-order valence-corrected chi connectivity index (χ1v) is 5.91. The quantitative estimate of drug-likeness (QED) is 0.120. The second-order valence-electron chi connectivity index (χ2n) is 4.26. The minimum atomic E-state index is -2.07. The summed E-state index contributed by atoms with van der Waals surface area (Å²) < 4.78 is 6.70. The van der Waals surface area contributed by atoms with E-state index in [0.29, 0.717) is 0 Å². The minimum absolute atomic E-state index is 0. The molecule has 11 heteroatoms. The Morgan fingerprint density at radius 3 is 2.14 bits per heavy atom. The van der Waals surface area contributed by atoms with Crippen LogP contribution in [0.4, 0.5) is 0 Å². The van der Waals surface area contributed by atoms with Crippen molar-refractivity contribution in [2.24, 2.45) is 0 Å². The van der Waals surface area contributed by atoms with Gasteiger partial charge in [0.1, 0.15) is 31.9 Å². The molecule has 0 aliphatic carbocycles. The minimum Gasteiger partial charge on any atom is -0.542 e. The molecule has 0 unspecified atom stereocenters. The average Bonchev–Trinajstić information content (AvgIpc) is 2.44. The summed E-state index contributed by atoms with van der Waals surface area (Å²) in [5, 5.41) is 59.5. The molecule has 0 aliphatic rings. The Hall–Kier alpha value is -0.430. The maximum absolute atomic E-state index is 11.0. The van der Waals surface area contributed by atoms with E-state index in [4.69, 9.17) is 6.48 Å². The first kappa shape index (κ1) is 21.6. The predicted molar refractivity (Wildman–Crippen MR) is 63.6 cm³/mol. The summed E-state index contributed by atoms with van der Waals surface area (Å²) in [5.41, 5.74) is 0. The van der Waals surface area contributed by atoms with E-state index < -0.39 is 68.0 Å². The van der Waals surface area contributed by atoms with Gasteiger partial charge >= 0.3 is 29.6 Å². The van der Waals surface area contributed by atoms with Gasteiger partial charge in [-0.1, -0.05) is 0 Å². The molecule has 0 saturated carbocycles. The number of carboxylic acid groups (broad SMARTS) is 1. The molecular weight excluding hydrogens is 313 g/mol. The van der Waals surface area contributed by atoms with Crippen molar-refractivity contribution in [1.82, 2.24) is 5.32 Å². The summed E-state index contributed by atoms with van der Waals surface area (Å²) in [6, 6.07) is -1.62. The zero-order valence-electron chi connectivity index (χ0n) is 12.9. The Balaban J connectivity index is 0. The van der Waals surface area contributed by atoms with E-state index in [-0.39, 0.29) is 29.6 Å². The van der Waals surface area contributed by atoms with Crippen LogP contribution in [-0.4, -0.2) is 87.2 Å². The third-order valence-electron chi connectivity index (χ3n) is 2.75. The van der Waals surface area contributed by atoms with Gasteiger partial charge in [0, 0.05) is 6.42 Å². The fourth-order valence-electron chi connectivity index (χ4n) is 1.59. The van der Waals surface area contributed by atoms with Crippen molar-refractivity contribution in [2.45, 2.75) is 36.9 Å². The van der Waals surface area contributed by atoms with Crippen LogP contribution in [-0.2, 0) is 14.4 Å². The number of rotatable bonds is 11. The van der Waals surface area contributed by atoms with Crippen molar-refractivity contribution in [2.75, 3.05) is 13.2 Å². The maximum atomic E-state index is 11.0. The van der Waals surface area contributed by atoms with Gasteiger partial charge in [-0.05, 0) is 0 Å². The van der Waals surface area contributed by atoms with Crippen molar-refractivity contribution in [3.8, 4) is 0 Å². The van der Waals surface area contributed by atoms with Gasteiger partial charge in [-0.15, -0.1) is 0 Å². The first-order valence-electron chi connectivity index (χ1n) is 6.41. The van der Waals surface area contributed by atoms with Crippen molar-refractivity contribution in [3.05, 3.63) is 0 Å². The van der Waals surface area contributed by atoms with Crippen LogP contribution in [0, 0.1) is 0 Å². The monoisotopic (exact) mass is 332 g/mol. The van der Waals surface area contributed by atoms with Crippen LogP contribution in [0.2, 0.25) is 0 Å². The van der Waals surface area contributed by atoms with Crippen LogP contribution < -0.4 is 40.0 Å². The zero-order valence-corrected chi connectivity index (χ0v) is 13.9. The van der Waals surface area contributed by atoms with E-state index in [2.05, 4.69) is 5.32 Å². The molecule has 0 radical (unpaired) electrons. The summed E-state index contributed by atoms with van der Waals surface area (Å²) in [6.07, 6.45) is -9.71. The van der Waals surface area contributed by atoms with E-state index in [9.17, 15) is 39.9 Å². The summed E-state index contributed by atoms with van der Waals surface area (Å²) in [7, 11) is 0. The Morgan fingerprint density at radius 1 is 1.18 bits per heavy atom. The summed E-state index contributed by atoms with van der Waals surface area (Å²) in [5.74, 6) is -3.55. The van der Waals surface area contributed by atoms with E-state index in [1.807, 2.05) is 0 Å². The van der Waals surface area contributed by atoms with Crippen LogP contribution in [0.15, 0.2) is 0 Å². The molecule has 0 amide bonds. The number of nitrogens with one attached hydrogen (secondary N) is 1. The first-order chi connectivity index (χ1) is 10.1. The molecular formula is C11H18NNaO9. The van der Waals surface area contributed by atoms with Gasteiger partial charge < -0.3 is 45.5 Å². The molecule has 0 rings (SSSR count). The number of ketones is 1. The molecule has 0 aromatic heterocycles. The van der Waals surface area contributed by atoms with Crippen LogP contribution in [0.25, 0.3) is 0 Å². The average molecular weight is 332 g/mol. The number of carbonyl (C=O) groups is 3. The smallest absolute Gasteiger partial charge is 0.542 e. The van der Waals surface area contributed by atoms with Gasteiger partial charge in [-0.2, -0.15) is 0 Å². The van der Waals surface area contributed by atoms with E-state index in [1.54, 1.807) is 0 Å². The molecule has 0 spiro atoms. The number of carbonyl (C=O) groups excluding carboxylic acids is 3. The molecule has 22 heavy (non-hydrogen) atoms. The SMILES string of the molecule is [2H]C(=O)CN[C@@H]([C@@H](O)[C@H](O)[C@H](O)CO)[C@@H](O)CC(=O)C(=O)[O-].[Na+]. The third kappa shape index (κ3) is 7.72. The van der Waals surface area contributed by atoms with Gasteiger partial charge in [0.25, 0.3) is 0 Å². The largest absolute Gasteiger partial charge is 1.00 e. The van der Waals surface area contributed by atoms with Gasteiger partial charge in [0.15, 0.2) is 5.78 Å². The number of aliphatic carboxylic acids is 1. The van der Waals surface area contributed by atoms with Crippen molar-refractivity contribution < 1.29 is 76.0 Å². The number of aliphatic hydroxyl groups excluding tert-OH is 5. The Morgan fingerprint density at radius 2 is 1.73 bits per heavy atom. The predicted octanol–water partition coefficient (Wildman–Crippen LogP) is -8.71. The normalized spacial score (nSPS) is 18.1. The Bertz CT molecular complexity index is 411. The summed E-state index contributed by atoms with van der Waals surface area (Å²) in [4.78, 5) is 31.9. The van der Waals surface area contributed by atoms with Crippen molar-refractivity contribution in [3.63, 3.8) is 0 Å². The van der Waals surface area contributed by atoms with E-state index in [0.717, 1.165) is 0 Å². The molecule has 0 saturated heterocycles. The Kier molecular flexibility index (Phi) is 11.8. The molecule has 122 valence electrons. The molecule has 6 N–H and O–H groups in total. The number of Topliss-reactive ketones (excluding diaryl/α,β-unsaturated/α-hetero) is 1. The maximum Gasteiger partial charge on any atom is 1.00 e. The summed E-state index contributed by atoms with van der Waals surface area (Å²) >= 11 is 0. The molecule has 0 aromatic carbocycles. The van der Waals surface area contributed by atoms with E-state index >= 15 is 0 Å². The van der Waals surface area contributed by atoms with Crippen molar-refractivity contribution in [1.29, 1.82) is 0 Å². The number of hydrogen-bond acceptors (Lipinski definition) is 10. The molecule has 0 bridgehead atoms. The van der Waals surface area contributed by atoms with Crippen LogP contribution in [0.1, 0.15) is 7.79 Å². The molecule has 0 aliphatic heterocycles. The number of aldehydes is 1. The molecule has 10 nitrogen and oxygen atoms in total. The number of hydrogen-bond donors (Lipinski definition) is 6. The fraction of sp³-hybridized carbons (Fsp3) is 0.727. The van der Waals surface area contributed by atoms with Crippen molar-refractivity contribution >= 4 is 18.0 Å². The molecule has 5 atom stereocenters. The topological polar surface area (TPSA) is 187 Å². The van der Waals surface area contributed by atoms with Gasteiger partial charge in [-0.25, -0.2) is 0 Å². The van der Waals surface area contributed by atoms with Crippen LogP contribution in [0.3, 0.4) is 0 Å². The van der Waals surface area contributed by atoms with Gasteiger partial charge in [0.05, 0.1) is 25.3 Å². The third-order valence-corrected chi connectivity index (χ3v) is 2.75. The summed E-state index contributed by atoms with van der Waals surface area (Å²) in [6.45, 7) is -1.60. The molecule has 0 heterocycles. The van der Waals surface area contributed by atoms with Gasteiger partial charge in [-0.3, -0.25) is 4.79 Å². The zero-order chi connectivity index (χ0) is 17.4. The van der Waals surface area contributed by atoms with Gasteiger partial charge in [0.2, 0.25) is 0 Å². The van der Waals surface area contributed by atoms with Crippen LogP contribution >= 0.6 is 0 Å². The second-order valence-corrected chi connectivity index (χ2v) is 4.26. The van der Waals surface area contributed by atoms with Crippen LogP contribution in [0.5, 0.6) is 0 Å². The second kappa shape index (κ2) is 12.0. The standard InChI is InChI=1S/C11H19NO9.Na/c13-2-1-12-8(5(15)3-6(16)11(20)21)10(19)9(18)7(17)4-14;/h2,5,7-10,12,14-15,17-19H,1,3-4H2,(H,20,21);/q;+1/p-1/t5-,7+,8+,9+,10+;/m0./s1/i2D;. The number of aliphatic hydroxyl groups is 5. The number of carboxylic acids is 1. The Labute approximate surface area is 149 Å². The molecule has 0 fully saturated rings. The fourth-order valence-corrected chi connectivity index (χ4v) is 1.59. The van der Waals surface area contributed by atoms with E-state index in [1.165, 1.54) is 0 Å².